The first-order valence-corrected chi connectivity index (χ1v) is 19.3. The highest BCUT2D eigenvalue weighted by molar-refractivity contribution is 6.01. The Morgan fingerprint density at radius 1 is 0.333 bits per heavy atom. The second-order valence-corrected chi connectivity index (χ2v) is 14.8. The lowest BCUT2D eigenvalue weighted by atomic mass is 9.77. The summed E-state index contributed by atoms with van der Waals surface area (Å²) in [6.07, 6.45) is 4.94. The van der Waals surface area contributed by atoms with Crippen LogP contribution in [0, 0.1) is 0 Å². The SMILES string of the molecule is c1ccc(-c2cccc(N(c3ccccc3-c3ccccc3-c3ccccc3-c3ccccc3)c3cccc4c3-c3ccccc3C43CCCC3)c2)cc1. The first-order valence-electron chi connectivity index (χ1n) is 19.3. The molecule has 1 saturated carbocycles. The fraction of sp³-hybridized carbons (Fsp3) is 0.0943. The van der Waals surface area contributed by atoms with Crippen LogP contribution in [-0.2, 0) is 5.41 Å². The molecule has 8 aromatic carbocycles. The van der Waals surface area contributed by atoms with Crippen LogP contribution in [0.25, 0.3) is 55.6 Å². The molecule has 0 aliphatic heterocycles. The number of rotatable bonds is 7. The largest absolute Gasteiger partial charge is 0.309 e. The minimum absolute atomic E-state index is 0.0762. The van der Waals surface area contributed by atoms with Crippen molar-refractivity contribution in [3.63, 3.8) is 0 Å². The highest BCUT2D eigenvalue weighted by Gasteiger charge is 2.46. The first kappa shape index (κ1) is 32.2. The monoisotopic (exact) mass is 691 g/mol. The molecule has 0 unspecified atom stereocenters. The summed E-state index contributed by atoms with van der Waals surface area (Å²) < 4.78 is 0. The van der Waals surface area contributed by atoms with Crippen molar-refractivity contribution >= 4 is 17.1 Å². The topological polar surface area (TPSA) is 3.24 Å². The van der Waals surface area contributed by atoms with Crippen molar-refractivity contribution in [2.24, 2.45) is 0 Å². The van der Waals surface area contributed by atoms with Crippen molar-refractivity contribution in [1.82, 2.24) is 0 Å². The molecule has 0 bridgehead atoms. The first-order chi connectivity index (χ1) is 26.8. The van der Waals surface area contributed by atoms with Gasteiger partial charge in [-0.3, -0.25) is 0 Å². The fourth-order valence-corrected chi connectivity index (χ4v) is 9.49. The van der Waals surface area contributed by atoms with Crippen LogP contribution in [0.5, 0.6) is 0 Å². The molecule has 258 valence electrons. The van der Waals surface area contributed by atoms with Crippen LogP contribution in [0.15, 0.2) is 200 Å². The summed E-state index contributed by atoms with van der Waals surface area (Å²) in [7, 11) is 0. The minimum Gasteiger partial charge on any atom is -0.309 e. The van der Waals surface area contributed by atoms with E-state index in [-0.39, 0.29) is 5.41 Å². The molecule has 0 radical (unpaired) electrons. The van der Waals surface area contributed by atoms with Gasteiger partial charge in [0.1, 0.15) is 0 Å². The zero-order chi connectivity index (χ0) is 35.9. The molecule has 1 heteroatoms. The summed E-state index contributed by atoms with van der Waals surface area (Å²) in [5, 5.41) is 0. The maximum atomic E-state index is 2.55. The van der Waals surface area contributed by atoms with Crippen LogP contribution in [0.2, 0.25) is 0 Å². The molecule has 8 aromatic rings. The van der Waals surface area contributed by atoms with Crippen LogP contribution in [0.3, 0.4) is 0 Å². The normalized spacial score (nSPS) is 13.8. The number of benzene rings is 8. The van der Waals surface area contributed by atoms with Gasteiger partial charge in [-0.25, -0.2) is 0 Å². The molecular weight excluding hydrogens is 651 g/mol. The summed E-state index contributed by atoms with van der Waals surface area (Å²) in [5.74, 6) is 0. The van der Waals surface area contributed by atoms with E-state index in [4.69, 9.17) is 0 Å². The molecule has 2 aliphatic rings. The molecule has 1 fully saturated rings. The molecule has 0 aromatic heterocycles. The summed E-state index contributed by atoms with van der Waals surface area (Å²) >= 11 is 0. The van der Waals surface area contributed by atoms with E-state index in [1.54, 1.807) is 0 Å². The van der Waals surface area contributed by atoms with Gasteiger partial charge in [0.25, 0.3) is 0 Å². The molecule has 1 spiro atoms. The number of hydrogen-bond donors (Lipinski definition) is 0. The van der Waals surface area contributed by atoms with Gasteiger partial charge in [0.15, 0.2) is 0 Å². The zero-order valence-corrected chi connectivity index (χ0v) is 30.3. The molecule has 0 saturated heterocycles. The van der Waals surface area contributed by atoms with Gasteiger partial charge in [-0.1, -0.05) is 189 Å². The van der Waals surface area contributed by atoms with E-state index in [1.807, 2.05) is 0 Å². The van der Waals surface area contributed by atoms with Crippen LogP contribution in [-0.4, -0.2) is 0 Å². The van der Waals surface area contributed by atoms with Crippen molar-refractivity contribution in [3.05, 3.63) is 211 Å². The van der Waals surface area contributed by atoms with E-state index in [0.717, 1.165) is 11.4 Å². The zero-order valence-electron chi connectivity index (χ0n) is 30.3. The molecule has 1 nitrogen and oxygen atoms in total. The third-order valence-electron chi connectivity index (χ3n) is 11.8. The van der Waals surface area contributed by atoms with E-state index < -0.39 is 0 Å². The maximum absolute atomic E-state index is 2.55. The van der Waals surface area contributed by atoms with Crippen molar-refractivity contribution < 1.29 is 0 Å². The second-order valence-electron chi connectivity index (χ2n) is 14.8. The lowest BCUT2D eigenvalue weighted by molar-refractivity contribution is 0.550. The van der Waals surface area contributed by atoms with Crippen LogP contribution < -0.4 is 4.90 Å². The van der Waals surface area contributed by atoms with Crippen molar-refractivity contribution in [1.29, 1.82) is 0 Å². The van der Waals surface area contributed by atoms with Gasteiger partial charge in [-0.2, -0.15) is 0 Å². The average molecular weight is 692 g/mol. The maximum Gasteiger partial charge on any atom is 0.0543 e. The van der Waals surface area contributed by atoms with Gasteiger partial charge in [-0.15, -0.1) is 0 Å². The number of nitrogens with zero attached hydrogens (tertiary/aromatic N) is 1. The Balaban J connectivity index is 1.23. The highest BCUT2D eigenvalue weighted by Crippen LogP contribution is 2.60. The lowest BCUT2D eigenvalue weighted by Crippen LogP contribution is -2.20. The summed E-state index contributed by atoms with van der Waals surface area (Å²) in [6.45, 7) is 0. The molecular formula is C53H41N. The Kier molecular flexibility index (Phi) is 8.07. The Labute approximate surface area is 318 Å². The van der Waals surface area contributed by atoms with Crippen molar-refractivity contribution in [3.8, 4) is 55.6 Å². The summed E-state index contributed by atoms with van der Waals surface area (Å²) in [4.78, 5) is 2.55. The van der Waals surface area contributed by atoms with Crippen molar-refractivity contribution in [2.45, 2.75) is 31.1 Å². The van der Waals surface area contributed by atoms with E-state index in [2.05, 4.69) is 205 Å². The number of hydrogen-bond acceptors (Lipinski definition) is 1. The van der Waals surface area contributed by atoms with Gasteiger partial charge in [0, 0.05) is 22.2 Å². The molecule has 54 heavy (non-hydrogen) atoms. The third kappa shape index (κ3) is 5.31. The highest BCUT2D eigenvalue weighted by atomic mass is 15.1. The smallest absolute Gasteiger partial charge is 0.0543 e. The Morgan fingerprint density at radius 3 is 1.54 bits per heavy atom. The Morgan fingerprint density at radius 2 is 0.815 bits per heavy atom. The molecule has 10 rings (SSSR count). The summed E-state index contributed by atoms with van der Waals surface area (Å²) in [6, 6.07) is 73.7. The van der Waals surface area contributed by atoms with Crippen LogP contribution >= 0.6 is 0 Å². The minimum atomic E-state index is 0.0762. The van der Waals surface area contributed by atoms with Gasteiger partial charge < -0.3 is 4.90 Å². The molecule has 2 aliphatic carbocycles. The van der Waals surface area contributed by atoms with Gasteiger partial charge in [0.2, 0.25) is 0 Å². The quantitative estimate of drug-likeness (QED) is 0.161. The van der Waals surface area contributed by atoms with Crippen LogP contribution in [0.4, 0.5) is 17.1 Å². The van der Waals surface area contributed by atoms with Gasteiger partial charge in [-0.05, 0) is 92.7 Å². The molecule has 0 atom stereocenters. The van der Waals surface area contributed by atoms with E-state index >= 15 is 0 Å². The second kappa shape index (κ2) is 13.5. The molecule has 0 heterocycles. The van der Waals surface area contributed by atoms with Crippen LogP contribution in [0.1, 0.15) is 36.8 Å². The molecule has 0 N–H and O–H groups in total. The lowest BCUT2D eigenvalue weighted by Gasteiger charge is -2.31. The van der Waals surface area contributed by atoms with E-state index in [0.29, 0.717) is 0 Å². The number of anilines is 3. The number of fused-ring (bicyclic) bond motifs is 5. The standard InChI is InChI=1S/C53H41N/c1-3-19-38(20-4-1)40-23-17-24-41(37-40)54(51-34-18-32-49-52(51)47-30-11-13-31-48(47)53(49)35-15-16-36-53)50-33-14-12-29-46(50)45-28-10-9-27-44(45)43-26-8-7-25-42(43)39-21-5-2-6-22-39/h1-14,17-34,37H,15-16,35-36H2. The fourth-order valence-electron chi connectivity index (χ4n) is 9.49. The Hall–Kier alpha value is -6.44. The van der Waals surface area contributed by atoms with Crippen molar-refractivity contribution in [2.75, 3.05) is 4.90 Å². The predicted octanol–water partition coefficient (Wildman–Crippen LogP) is 14.7. The molecule has 0 amide bonds. The predicted molar refractivity (Wildman–Crippen MR) is 228 cm³/mol. The van der Waals surface area contributed by atoms with Gasteiger partial charge in [0.05, 0.1) is 11.4 Å². The van der Waals surface area contributed by atoms with Gasteiger partial charge >= 0.3 is 0 Å². The average Bonchev–Trinajstić information content (AvgIpc) is 3.86. The number of para-hydroxylation sites is 1. The van der Waals surface area contributed by atoms with E-state index in [9.17, 15) is 0 Å². The Bertz CT molecular complexity index is 2610. The summed E-state index contributed by atoms with van der Waals surface area (Å²) in [5.41, 5.74) is 19.0. The van der Waals surface area contributed by atoms with E-state index in [1.165, 1.54) is 98.1 Å². The third-order valence-corrected chi connectivity index (χ3v) is 11.8.